The number of hydrogen-bond acceptors (Lipinski definition) is 5. The van der Waals surface area contributed by atoms with Crippen LogP contribution < -0.4 is 10.2 Å². The Kier molecular flexibility index (Phi) is 5.61. The largest absolute Gasteiger partial charge is 0.326 e. The predicted octanol–water partition coefficient (Wildman–Crippen LogP) is 3.79. The SMILES string of the molecule is CCN(C(=O)c1nonc1C)c1ccc(NC(=O)C2CCc3ccccc3C2)cc1. The minimum absolute atomic E-state index is 0.0315. The Balaban J connectivity index is 1.43. The van der Waals surface area contributed by atoms with Gasteiger partial charge < -0.3 is 10.2 Å². The number of amides is 2. The molecule has 3 aromatic rings. The van der Waals surface area contributed by atoms with Crippen molar-refractivity contribution < 1.29 is 14.2 Å². The summed E-state index contributed by atoms with van der Waals surface area (Å²) in [7, 11) is 0. The molecule has 0 aliphatic heterocycles. The van der Waals surface area contributed by atoms with Gasteiger partial charge in [-0.1, -0.05) is 29.4 Å². The number of nitrogens with zero attached hydrogens (tertiary/aromatic N) is 3. The van der Waals surface area contributed by atoms with E-state index in [0.717, 1.165) is 24.9 Å². The Labute approximate surface area is 175 Å². The zero-order valence-corrected chi connectivity index (χ0v) is 17.1. The Bertz CT molecular complexity index is 1060. The van der Waals surface area contributed by atoms with Crippen molar-refractivity contribution in [3.05, 3.63) is 71.0 Å². The number of benzene rings is 2. The average molecular weight is 404 g/mol. The van der Waals surface area contributed by atoms with E-state index in [4.69, 9.17) is 0 Å². The lowest BCUT2D eigenvalue weighted by Gasteiger charge is -2.24. The van der Waals surface area contributed by atoms with Gasteiger partial charge in [-0.2, -0.15) is 0 Å². The number of carbonyl (C=O) groups excluding carboxylic acids is 2. The summed E-state index contributed by atoms with van der Waals surface area (Å²) in [4.78, 5) is 27.1. The quantitative estimate of drug-likeness (QED) is 0.699. The maximum absolute atomic E-state index is 12.8. The van der Waals surface area contributed by atoms with Gasteiger partial charge >= 0.3 is 0 Å². The lowest BCUT2D eigenvalue weighted by molar-refractivity contribution is -0.120. The standard InChI is InChI=1S/C23H24N4O3/c1-3-27(23(29)21-15(2)25-30-26-21)20-12-10-19(11-13-20)24-22(28)18-9-8-16-6-4-5-7-17(16)14-18/h4-7,10-13,18H,3,8-9,14H2,1-2H3,(H,24,28). The second-order valence-electron chi connectivity index (χ2n) is 7.49. The fourth-order valence-corrected chi connectivity index (χ4v) is 3.89. The Morgan fingerprint density at radius 2 is 1.83 bits per heavy atom. The topological polar surface area (TPSA) is 88.3 Å². The normalized spacial score (nSPS) is 15.3. The number of fused-ring (bicyclic) bond motifs is 1. The molecule has 1 aliphatic rings. The first-order valence-corrected chi connectivity index (χ1v) is 10.2. The molecule has 2 aromatic carbocycles. The van der Waals surface area contributed by atoms with Crippen molar-refractivity contribution in [2.45, 2.75) is 33.1 Å². The molecular weight excluding hydrogens is 380 g/mol. The van der Waals surface area contributed by atoms with E-state index in [-0.39, 0.29) is 23.4 Å². The van der Waals surface area contributed by atoms with Gasteiger partial charge in [0.25, 0.3) is 5.91 Å². The number of rotatable bonds is 5. The number of hydrogen-bond donors (Lipinski definition) is 1. The summed E-state index contributed by atoms with van der Waals surface area (Å²) in [5.74, 6) is -0.269. The zero-order chi connectivity index (χ0) is 21.1. The van der Waals surface area contributed by atoms with Crippen molar-refractivity contribution in [2.24, 2.45) is 5.92 Å². The van der Waals surface area contributed by atoms with Gasteiger partial charge in [-0.15, -0.1) is 0 Å². The minimum Gasteiger partial charge on any atom is -0.326 e. The van der Waals surface area contributed by atoms with E-state index in [1.165, 1.54) is 11.1 Å². The van der Waals surface area contributed by atoms with Crippen molar-refractivity contribution >= 4 is 23.2 Å². The van der Waals surface area contributed by atoms with Crippen molar-refractivity contribution in [2.75, 3.05) is 16.8 Å². The first kappa shape index (κ1) is 19.8. The van der Waals surface area contributed by atoms with Crippen molar-refractivity contribution in [1.82, 2.24) is 10.3 Å². The molecule has 0 bridgehead atoms. The monoisotopic (exact) mass is 404 g/mol. The zero-order valence-electron chi connectivity index (χ0n) is 17.1. The lowest BCUT2D eigenvalue weighted by atomic mass is 9.83. The molecule has 0 radical (unpaired) electrons. The minimum atomic E-state index is -0.270. The molecule has 1 aliphatic carbocycles. The molecule has 2 amide bonds. The molecule has 1 unspecified atom stereocenters. The van der Waals surface area contributed by atoms with Crippen LogP contribution in [0.25, 0.3) is 0 Å². The molecule has 1 aromatic heterocycles. The van der Waals surface area contributed by atoms with Crippen LogP contribution in [-0.4, -0.2) is 28.7 Å². The van der Waals surface area contributed by atoms with Crippen LogP contribution in [-0.2, 0) is 17.6 Å². The highest BCUT2D eigenvalue weighted by Crippen LogP contribution is 2.27. The number of carbonyl (C=O) groups is 2. The maximum atomic E-state index is 12.8. The molecule has 30 heavy (non-hydrogen) atoms. The highest BCUT2D eigenvalue weighted by atomic mass is 16.6. The molecule has 0 saturated heterocycles. The van der Waals surface area contributed by atoms with Crippen LogP contribution >= 0.6 is 0 Å². The summed E-state index contributed by atoms with van der Waals surface area (Å²) in [5, 5.41) is 10.4. The molecule has 154 valence electrons. The third kappa shape index (κ3) is 3.96. The van der Waals surface area contributed by atoms with E-state index in [2.05, 4.69) is 32.4 Å². The van der Waals surface area contributed by atoms with Crippen molar-refractivity contribution in [3.8, 4) is 0 Å². The number of anilines is 2. The summed E-state index contributed by atoms with van der Waals surface area (Å²) in [6.07, 6.45) is 2.55. The molecule has 0 fully saturated rings. The summed E-state index contributed by atoms with van der Waals surface area (Å²) >= 11 is 0. The summed E-state index contributed by atoms with van der Waals surface area (Å²) < 4.78 is 4.64. The van der Waals surface area contributed by atoms with Crippen LogP contribution in [0.2, 0.25) is 0 Å². The molecule has 7 heteroatoms. The highest BCUT2D eigenvalue weighted by molar-refractivity contribution is 6.05. The summed E-state index contributed by atoms with van der Waals surface area (Å²) in [6, 6.07) is 15.6. The van der Waals surface area contributed by atoms with E-state index < -0.39 is 0 Å². The van der Waals surface area contributed by atoms with E-state index in [1.54, 1.807) is 11.8 Å². The predicted molar refractivity (Wildman–Crippen MR) is 113 cm³/mol. The van der Waals surface area contributed by atoms with Crippen LogP contribution in [0.5, 0.6) is 0 Å². The molecule has 0 saturated carbocycles. The Morgan fingerprint density at radius 3 is 2.50 bits per heavy atom. The van der Waals surface area contributed by atoms with E-state index in [9.17, 15) is 9.59 Å². The average Bonchev–Trinajstić information content (AvgIpc) is 3.20. The van der Waals surface area contributed by atoms with Gasteiger partial charge in [0.05, 0.1) is 0 Å². The van der Waals surface area contributed by atoms with Gasteiger partial charge in [0, 0.05) is 23.8 Å². The van der Waals surface area contributed by atoms with Crippen LogP contribution in [0, 0.1) is 12.8 Å². The van der Waals surface area contributed by atoms with Crippen molar-refractivity contribution in [3.63, 3.8) is 0 Å². The first-order valence-electron chi connectivity index (χ1n) is 10.2. The van der Waals surface area contributed by atoms with E-state index >= 15 is 0 Å². The van der Waals surface area contributed by atoms with E-state index in [1.807, 2.05) is 43.3 Å². The second kappa shape index (κ2) is 8.49. The third-order valence-corrected chi connectivity index (χ3v) is 5.58. The smallest absolute Gasteiger partial charge is 0.282 e. The first-order chi connectivity index (χ1) is 14.6. The van der Waals surface area contributed by atoms with Gasteiger partial charge in [0.15, 0.2) is 5.69 Å². The molecule has 4 rings (SSSR count). The van der Waals surface area contributed by atoms with Gasteiger partial charge in [0.2, 0.25) is 5.91 Å². The number of aromatic nitrogens is 2. The van der Waals surface area contributed by atoms with Crippen molar-refractivity contribution in [1.29, 1.82) is 0 Å². The summed E-state index contributed by atoms with van der Waals surface area (Å²) in [6.45, 7) is 4.04. The molecular formula is C23H24N4O3. The molecule has 1 heterocycles. The third-order valence-electron chi connectivity index (χ3n) is 5.58. The van der Waals surface area contributed by atoms with Crippen LogP contribution in [0.3, 0.4) is 0 Å². The Hall–Kier alpha value is -3.48. The van der Waals surface area contributed by atoms with Gasteiger partial charge in [0.1, 0.15) is 5.69 Å². The second-order valence-corrected chi connectivity index (χ2v) is 7.49. The number of aryl methyl sites for hydroxylation is 2. The van der Waals surface area contributed by atoms with Gasteiger partial charge in [-0.25, -0.2) is 4.63 Å². The van der Waals surface area contributed by atoms with Crippen LogP contribution in [0.15, 0.2) is 53.2 Å². The fraction of sp³-hybridized carbons (Fsp3) is 0.304. The fourth-order valence-electron chi connectivity index (χ4n) is 3.89. The maximum Gasteiger partial charge on any atom is 0.282 e. The highest BCUT2D eigenvalue weighted by Gasteiger charge is 2.25. The summed E-state index contributed by atoms with van der Waals surface area (Å²) in [5.41, 5.74) is 4.69. The number of nitrogens with one attached hydrogen (secondary N) is 1. The molecule has 1 atom stereocenters. The van der Waals surface area contributed by atoms with Crippen LogP contribution in [0.1, 0.15) is 40.7 Å². The van der Waals surface area contributed by atoms with E-state index in [0.29, 0.717) is 17.9 Å². The Morgan fingerprint density at radius 1 is 1.10 bits per heavy atom. The van der Waals surface area contributed by atoms with Gasteiger partial charge in [-0.3, -0.25) is 9.59 Å². The lowest BCUT2D eigenvalue weighted by Crippen LogP contribution is -2.31. The molecule has 0 spiro atoms. The molecule has 1 N–H and O–H groups in total. The molecule has 7 nitrogen and oxygen atoms in total. The van der Waals surface area contributed by atoms with Gasteiger partial charge in [-0.05, 0) is 73.7 Å². The van der Waals surface area contributed by atoms with Crippen LogP contribution in [0.4, 0.5) is 11.4 Å².